The molecule has 0 aliphatic carbocycles. The summed E-state index contributed by atoms with van der Waals surface area (Å²) >= 11 is 0. The van der Waals surface area contributed by atoms with Crippen LogP contribution in [0.5, 0.6) is 0 Å². The Balaban J connectivity index is 2.21. The first-order valence-corrected chi connectivity index (χ1v) is 6.66. The van der Waals surface area contributed by atoms with Crippen molar-refractivity contribution in [2.24, 2.45) is 5.92 Å². The number of aromatic nitrogens is 1. The lowest BCUT2D eigenvalue weighted by Gasteiger charge is -2.23. The summed E-state index contributed by atoms with van der Waals surface area (Å²) in [4.78, 5) is 29.3. The predicted molar refractivity (Wildman–Crippen MR) is 76.7 cm³/mol. The van der Waals surface area contributed by atoms with E-state index < -0.39 is 10.9 Å². The third kappa shape index (κ3) is 3.46. The second-order valence-corrected chi connectivity index (χ2v) is 5.42. The minimum atomic E-state index is -1.21. The van der Waals surface area contributed by atoms with Gasteiger partial charge in [0.25, 0.3) is 5.69 Å². The molecule has 1 N–H and O–H groups in total. The van der Waals surface area contributed by atoms with Gasteiger partial charge in [-0.15, -0.1) is 0 Å². The number of likely N-dealkylation sites (tertiary alicyclic amines) is 1. The molecular weight excluding hydrogens is 276 g/mol. The summed E-state index contributed by atoms with van der Waals surface area (Å²) in [5.41, 5.74) is -0.455. The van der Waals surface area contributed by atoms with Crippen molar-refractivity contribution in [2.75, 3.05) is 38.6 Å². The van der Waals surface area contributed by atoms with Crippen molar-refractivity contribution in [1.82, 2.24) is 9.88 Å². The van der Waals surface area contributed by atoms with E-state index in [4.69, 9.17) is 0 Å². The van der Waals surface area contributed by atoms with E-state index >= 15 is 0 Å². The standard InChI is InChI=1S/C13H18N4O4/c1-15-4-3-9(7-15)8-16(2)12-11(13(18)19)5-10(6-14-12)17(20)21/h5-6,9H,3-4,7-8H2,1-2H3,(H,18,19). The van der Waals surface area contributed by atoms with Crippen LogP contribution in [0.4, 0.5) is 11.5 Å². The first-order chi connectivity index (χ1) is 9.88. The Morgan fingerprint density at radius 1 is 1.67 bits per heavy atom. The predicted octanol–water partition coefficient (Wildman–Crippen LogP) is 1.08. The van der Waals surface area contributed by atoms with E-state index in [1.54, 1.807) is 11.9 Å². The Kier molecular flexibility index (Phi) is 4.37. The first kappa shape index (κ1) is 15.2. The Morgan fingerprint density at radius 2 is 2.38 bits per heavy atom. The lowest BCUT2D eigenvalue weighted by Crippen LogP contribution is -2.29. The number of carboxylic acids is 1. The SMILES string of the molecule is CN1CCC(CN(C)c2ncc([N+](=O)[O-])cc2C(=O)O)C1. The zero-order chi connectivity index (χ0) is 15.6. The zero-order valence-electron chi connectivity index (χ0n) is 12.0. The number of aromatic carboxylic acids is 1. The average Bonchev–Trinajstić information content (AvgIpc) is 2.83. The van der Waals surface area contributed by atoms with Gasteiger partial charge in [-0.2, -0.15) is 0 Å². The van der Waals surface area contributed by atoms with Gasteiger partial charge in [0.05, 0.1) is 4.92 Å². The summed E-state index contributed by atoms with van der Waals surface area (Å²) in [7, 11) is 3.81. The molecule has 0 amide bonds. The number of hydrogen-bond acceptors (Lipinski definition) is 6. The van der Waals surface area contributed by atoms with Crippen LogP contribution in [0.15, 0.2) is 12.3 Å². The molecule has 2 heterocycles. The van der Waals surface area contributed by atoms with Crippen molar-refractivity contribution >= 4 is 17.5 Å². The maximum absolute atomic E-state index is 11.3. The highest BCUT2D eigenvalue weighted by Gasteiger charge is 2.24. The van der Waals surface area contributed by atoms with Crippen molar-refractivity contribution in [2.45, 2.75) is 6.42 Å². The number of nitro groups is 1. The maximum Gasteiger partial charge on any atom is 0.339 e. The maximum atomic E-state index is 11.3. The van der Waals surface area contributed by atoms with E-state index in [1.165, 1.54) is 0 Å². The molecule has 1 aliphatic rings. The third-order valence-corrected chi connectivity index (χ3v) is 3.68. The summed E-state index contributed by atoms with van der Waals surface area (Å²) in [5, 5.41) is 20.0. The molecule has 0 aromatic carbocycles. The number of hydrogen-bond donors (Lipinski definition) is 1. The van der Waals surface area contributed by atoms with Gasteiger partial charge in [0.2, 0.25) is 0 Å². The topological polar surface area (TPSA) is 99.8 Å². The van der Waals surface area contributed by atoms with Crippen LogP contribution < -0.4 is 4.90 Å². The summed E-state index contributed by atoms with van der Waals surface area (Å²) in [6.45, 7) is 2.66. The lowest BCUT2D eigenvalue weighted by atomic mass is 10.1. The minimum Gasteiger partial charge on any atom is -0.478 e. The van der Waals surface area contributed by atoms with Crippen molar-refractivity contribution in [3.8, 4) is 0 Å². The summed E-state index contributed by atoms with van der Waals surface area (Å²) in [6, 6.07) is 1.06. The Labute approximate surface area is 122 Å². The van der Waals surface area contributed by atoms with Crippen LogP contribution in [0, 0.1) is 16.0 Å². The molecule has 1 atom stereocenters. The second-order valence-electron chi connectivity index (χ2n) is 5.42. The Bertz CT molecular complexity index is 563. The molecule has 0 radical (unpaired) electrons. The van der Waals surface area contributed by atoms with E-state index in [9.17, 15) is 20.0 Å². The quantitative estimate of drug-likeness (QED) is 0.640. The highest BCUT2D eigenvalue weighted by atomic mass is 16.6. The minimum absolute atomic E-state index is 0.141. The van der Waals surface area contributed by atoms with Crippen LogP contribution in [-0.4, -0.2) is 59.6 Å². The average molecular weight is 294 g/mol. The van der Waals surface area contributed by atoms with Crippen LogP contribution in [0.2, 0.25) is 0 Å². The summed E-state index contributed by atoms with van der Waals surface area (Å²) in [6.07, 6.45) is 2.15. The number of carbonyl (C=O) groups is 1. The first-order valence-electron chi connectivity index (χ1n) is 6.66. The largest absolute Gasteiger partial charge is 0.478 e. The number of pyridine rings is 1. The molecule has 1 fully saturated rings. The van der Waals surface area contributed by atoms with E-state index in [1.807, 2.05) is 7.05 Å². The van der Waals surface area contributed by atoms with E-state index in [-0.39, 0.29) is 17.1 Å². The molecule has 2 rings (SSSR count). The molecule has 114 valence electrons. The lowest BCUT2D eigenvalue weighted by molar-refractivity contribution is -0.385. The van der Waals surface area contributed by atoms with E-state index in [2.05, 4.69) is 9.88 Å². The van der Waals surface area contributed by atoms with Gasteiger partial charge >= 0.3 is 5.97 Å². The molecule has 1 unspecified atom stereocenters. The van der Waals surface area contributed by atoms with Gasteiger partial charge < -0.3 is 14.9 Å². The van der Waals surface area contributed by atoms with E-state index in [0.29, 0.717) is 12.5 Å². The van der Waals surface area contributed by atoms with Gasteiger partial charge in [-0.25, -0.2) is 9.78 Å². The monoisotopic (exact) mass is 294 g/mol. The van der Waals surface area contributed by atoms with Gasteiger partial charge in [0, 0.05) is 26.2 Å². The number of anilines is 1. The molecule has 1 saturated heterocycles. The van der Waals surface area contributed by atoms with Crippen molar-refractivity contribution in [3.63, 3.8) is 0 Å². The fourth-order valence-electron chi connectivity index (χ4n) is 2.66. The van der Waals surface area contributed by atoms with Crippen LogP contribution in [0.25, 0.3) is 0 Å². The molecule has 8 nitrogen and oxygen atoms in total. The highest BCUT2D eigenvalue weighted by molar-refractivity contribution is 5.94. The van der Waals surface area contributed by atoms with Crippen LogP contribution >= 0.6 is 0 Å². The zero-order valence-corrected chi connectivity index (χ0v) is 12.0. The van der Waals surface area contributed by atoms with Crippen molar-refractivity contribution in [1.29, 1.82) is 0 Å². The molecule has 0 bridgehead atoms. The molecule has 8 heteroatoms. The molecule has 1 aromatic heterocycles. The molecule has 0 spiro atoms. The Hall–Kier alpha value is -2.22. The van der Waals surface area contributed by atoms with Crippen molar-refractivity contribution in [3.05, 3.63) is 27.9 Å². The number of nitrogens with zero attached hydrogens (tertiary/aromatic N) is 4. The van der Waals surface area contributed by atoms with Gasteiger partial charge in [0.15, 0.2) is 0 Å². The smallest absolute Gasteiger partial charge is 0.339 e. The summed E-state index contributed by atoms with van der Waals surface area (Å²) < 4.78 is 0. The second kappa shape index (κ2) is 6.04. The molecule has 1 aliphatic heterocycles. The van der Waals surface area contributed by atoms with Crippen LogP contribution in [0.1, 0.15) is 16.8 Å². The normalized spacial score (nSPS) is 18.7. The third-order valence-electron chi connectivity index (χ3n) is 3.68. The number of carboxylic acid groups (broad SMARTS) is 1. The van der Waals surface area contributed by atoms with Gasteiger partial charge in [-0.05, 0) is 25.9 Å². The van der Waals surface area contributed by atoms with Gasteiger partial charge in [-0.3, -0.25) is 10.1 Å². The molecule has 0 saturated carbocycles. The fourth-order valence-corrected chi connectivity index (χ4v) is 2.66. The molecule has 1 aromatic rings. The Morgan fingerprint density at radius 3 is 2.90 bits per heavy atom. The van der Waals surface area contributed by atoms with Crippen LogP contribution in [-0.2, 0) is 0 Å². The van der Waals surface area contributed by atoms with Crippen LogP contribution in [0.3, 0.4) is 0 Å². The van der Waals surface area contributed by atoms with E-state index in [0.717, 1.165) is 31.8 Å². The fraction of sp³-hybridized carbons (Fsp3) is 0.538. The van der Waals surface area contributed by atoms with Gasteiger partial charge in [0.1, 0.15) is 17.6 Å². The highest BCUT2D eigenvalue weighted by Crippen LogP contribution is 2.24. The van der Waals surface area contributed by atoms with Gasteiger partial charge in [-0.1, -0.05) is 0 Å². The summed E-state index contributed by atoms with van der Waals surface area (Å²) in [5.74, 6) is -0.502. The van der Waals surface area contributed by atoms with Crippen molar-refractivity contribution < 1.29 is 14.8 Å². The molecular formula is C13H18N4O4. The number of rotatable bonds is 5. The molecule has 21 heavy (non-hydrogen) atoms.